The lowest BCUT2D eigenvalue weighted by atomic mass is 9.84. The summed E-state index contributed by atoms with van der Waals surface area (Å²) in [6.07, 6.45) is 6.69. The lowest BCUT2D eigenvalue weighted by Crippen LogP contribution is -2.42. The van der Waals surface area contributed by atoms with E-state index >= 15 is 0 Å². The molecule has 0 radical (unpaired) electrons. The van der Waals surface area contributed by atoms with Crippen LogP contribution in [-0.2, 0) is 0 Å². The Bertz CT molecular complexity index is 443. The zero-order valence-electron chi connectivity index (χ0n) is 14.1. The average Bonchev–Trinajstić information content (AvgIpc) is 2.49. The summed E-state index contributed by atoms with van der Waals surface area (Å²) in [4.78, 5) is 1.49. The maximum absolute atomic E-state index is 3.80. The van der Waals surface area contributed by atoms with Gasteiger partial charge in [-0.25, -0.2) is 0 Å². The van der Waals surface area contributed by atoms with Gasteiger partial charge in [-0.15, -0.1) is 11.8 Å². The minimum atomic E-state index is 0.692. The lowest BCUT2D eigenvalue weighted by Gasteiger charge is -2.36. The fourth-order valence-electron chi connectivity index (χ4n) is 3.27. The van der Waals surface area contributed by atoms with Crippen LogP contribution in [0.5, 0.6) is 0 Å². The van der Waals surface area contributed by atoms with Crippen molar-refractivity contribution in [3.8, 4) is 0 Å². The monoisotopic (exact) mass is 305 g/mol. The molecule has 3 unspecified atom stereocenters. The van der Waals surface area contributed by atoms with Crippen molar-refractivity contribution in [1.29, 1.82) is 0 Å². The van der Waals surface area contributed by atoms with Gasteiger partial charge in [0.25, 0.3) is 0 Å². The van der Waals surface area contributed by atoms with Gasteiger partial charge in [-0.3, -0.25) is 0 Å². The number of hydrogen-bond acceptors (Lipinski definition) is 2. The smallest absolute Gasteiger partial charge is 0.0251 e. The van der Waals surface area contributed by atoms with E-state index in [1.807, 2.05) is 0 Å². The van der Waals surface area contributed by atoms with E-state index in [4.69, 9.17) is 0 Å². The fraction of sp³-hybridized carbons (Fsp3) is 0.684. The molecule has 0 spiro atoms. The van der Waals surface area contributed by atoms with E-state index in [1.54, 1.807) is 0 Å². The molecule has 1 aromatic carbocycles. The van der Waals surface area contributed by atoms with E-state index in [2.05, 4.69) is 63.0 Å². The van der Waals surface area contributed by atoms with E-state index < -0.39 is 0 Å². The Morgan fingerprint density at radius 1 is 1.19 bits per heavy atom. The number of aryl methyl sites for hydroxylation is 2. The molecule has 0 aromatic heterocycles. The molecule has 0 saturated heterocycles. The highest BCUT2D eigenvalue weighted by atomic mass is 32.2. The van der Waals surface area contributed by atoms with Crippen molar-refractivity contribution in [3.05, 3.63) is 29.3 Å². The van der Waals surface area contributed by atoms with Gasteiger partial charge in [0.1, 0.15) is 0 Å². The van der Waals surface area contributed by atoms with Crippen LogP contribution < -0.4 is 5.32 Å². The highest BCUT2D eigenvalue weighted by Crippen LogP contribution is 2.39. The summed E-state index contributed by atoms with van der Waals surface area (Å²) in [6.45, 7) is 10.2. The van der Waals surface area contributed by atoms with E-state index in [0.717, 1.165) is 17.7 Å². The highest BCUT2D eigenvalue weighted by molar-refractivity contribution is 8.00. The van der Waals surface area contributed by atoms with Gasteiger partial charge in [-0.1, -0.05) is 38.0 Å². The van der Waals surface area contributed by atoms with Crippen molar-refractivity contribution in [2.45, 2.75) is 76.0 Å². The first-order chi connectivity index (χ1) is 10.1. The minimum absolute atomic E-state index is 0.692. The molecule has 1 aromatic rings. The number of thioether (sulfide) groups is 1. The first-order valence-electron chi connectivity index (χ1n) is 8.61. The van der Waals surface area contributed by atoms with Crippen LogP contribution in [0.15, 0.2) is 23.1 Å². The summed E-state index contributed by atoms with van der Waals surface area (Å²) in [5.74, 6) is 0.923. The summed E-state index contributed by atoms with van der Waals surface area (Å²) < 4.78 is 0. The third-order valence-corrected chi connectivity index (χ3v) is 6.27. The van der Waals surface area contributed by atoms with Gasteiger partial charge in [0.2, 0.25) is 0 Å². The van der Waals surface area contributed by atoms with Gasteiger partial charge in [0, 0.05) is 16.2 Å². The Hall–Kier alpha value is -0.470. The van der Waals surface area contributed by atoms with Crippen molar-refractivity contribution in [2.24, 2.45) is 5.92 Å². The Labute approximate surface area is 135 Å². The first-order valence-corrected chi connectivity index (χ1v) is 9.49. The third kappa shape index (κ3) is 4.75. The lowest BCUT2D eigenvalue weighted by molar-refractivity contribution is 0.295. The van der Waals surface area contributed by atoms with Crippen LogP contribution >= 0.6 is 11.8 Å². The molecule has 2 rings (SSSR count). The predicted octanol–water partition coefficient (Wildman–Crippen LogP) is 5.34. The number of hydrogen-bond donors (Lipinski definition) is 1. The second-order valence-electron chi connectivity index (χ2n) is 6.57. The van der Waals surface area contributed by atoms with Crippen LogP contribution in [0.1, 0.15) is 57.1 Å². The van der Waals surface area contributed by atoms with Crippen molar-refractivity contribution < 1.29 is 0 Å². The van der Waals surface area contributed by atoms with E-state index in [-0.39, 0.29) is 0 Å². The van der Waals surface area contributed by atoms with Gasteiger partial charge < -0.3 is 5.32 Å². The standard InChI is InChI=1S/C19H31NS/c1-5-11-20-17-10-9-16(6-2)13-19(17)21-18-12-14(3)7-8-15(18)4/h7-8,12,16-17,19-20H,5-6,9-11,13H2,1-4H3. The second-order valence-corrected chi connectivity index (χ2v) is 7.85. The van der Waals surface area contributed by atoms with Crippen LogP contribution in [0.25, 0.3) is 0 Å². The van der Waals surface area contributed by atoms with Gasteiger partial charge in [0.05, 0.1) is 0 Å². The zero-order chi connectivity index (χ0) is 15.2. The van der Waals surface area contributed by atoms with Gasteiger partial charge in [-0.2, -0.15) is 0 Å². The molecule has 118 valence electrons. The Kier molecular flexibility index (Phi) is 6.63. The normalized spacial score (nSPS) is 26.0. The molecule has 0 bridgehead atoms. The molecule has 1 aliphatic carbocycles. The summed E-state index contributed by atoms with van der Waals surface area (Å²) in [6, 6.07) is 7.55. The van der Waals surface area contributed by atoms with Crippen LogP contribution in [0, 0.1) is 19.8 Å². The summed E-state index contributed by atoms with van der Waals surface area (Å²) in [5, 5.41) is 4.53. The van der Waals surface area contributed by atoms with Gasteiger partial charge in [-0.05, 0) is 63.6 Å². The van der Waals surface area contributed by atoms with Gasteiger partial charge in [0.15, 0.2) is 0 Å². The molecule has 0 heterocycles. The largest absolute Gasteiger partial charge is 0.313 e. The maximum Gasteiger partial charge on any atom is 0.0251 e. The van der Waals surface area contributed by atoms with Crippen LogP contribution in [0.3, 0.4) is 0 Å². The van der Waals surface area contributed by atoms with Crippen LogP contribution in [-0.4, -0.2) is 17.8 Å². The molecule has 0 amide bonds. The van der Waals surface area contributed by atoms with Gasteiger partial charge >= 0.3 is 0 Å². The second kappa shape index (κ2) is 8.24. The molecule has 3 atom stereocenters. The summed E-state index contributed by atoms with van der Waals surface area (Å²) in [5.41, 5.74) is 2.81. The van der Waals surface area contributed by atoms with Crippen molar-refractivity contribution in [2.75, 3.05) is 6.54 Å². The predicted molar refractivity (Wildman–Crippen MR) is 95.3 cm³/mol. The van der Waals surface area contributed by atoms with Crippen molar-refractivity contribution >= 4 is 11.8 Å². The molecule has 1 N–H and O–H groups in total. The quantitative estimate of drug-likeness (QED) is 0.761. The Balaban J connectivity index is 2.09. The van der Waals surface area contributed by atoms with Crippen molar-refractivity contribution in [3.63, 3.8) is 0 Å². The van der Waals surface area contributed by atoms with Crippen LogP contribution in [0.2, 0.25) is 0 Å². The maximum atomic E-state index is 3.80. The first kappa shape index (κ1) is 16.9. The third-order valence-electron chi connectivity index (χ3n) is 4.76. The molecule has 1 saturated carbocycles. The number of benzene rings is 1. The molecule has 2 heteroatoms. The summed E-state index contributed by atoms with van der Waals surface area (Å²) >= 11 is 2.12. The number of nitrogens with one attached hydrogen (secondary N) is 1. The summed E-state index contributed by atoms with van der Waals surface area (Å²) in [7, 11) is 0. The SMILES string of the molecule is CCCNC1CCC(CC)CC1Sc1cc(C)ccc1C. The van der Waals surface area contributed by atoms with E-state index in [1.165, 1.54) is 48.1 Å². The average molecular weight is 306 g/mol. The molecule has 1 fully saturated rings. The minimum Gasteiger partial charge on any atom is -0.313 e. The Morgan fingerprint density at radius 3 is 2.71 bits per heavy atom. The zero-order valence-corrected chi connectivity index (χ0v) is 14.9. The highest BCUT2D eigenvalue weighted by Gasteiger charge is 2.30. The molecule has 1 aliphatic rings. The number of rotatable bonds is 6. The van der Waals surface area contributed by atoms with Crippen molar-refractivity contribution in [1.82, 2.24) is 5.32 Å². The molecular weight excluding hydrogens is 274 g/mol. The fourth-order valence-corrected chi connectivity index (χ4v) is 4.87. The molecule has 0 aliphatic heterocycles. The Morgan fingerprint density at radius 2 is 2.00 bits per heavy atom. The molecule has 1 nitrogen and oxygen atoms in total. The van der Waals surface area contributed by atoms with Crippen LogP contribution in [0.4, 0.5) is 0 Å². The molecule has 21 heavy (non-hydrogen) atoms. The molecular formula is C19H31NS. The van der Waals surface area contributed by atoms with E-state index in [0.29, 0.717) is 6.04 Å². The van der Waals surface area contributed by atoms with E-state index in [9.17, 15) is 0 Å². The topological polar surface area (TPSA) is 12.0 Å².